The second-order valence-electron chi connectivity index (χ2n) is 18.9. The van der Waals surface area contributed by atoms with E-state index in [9.17, 15) is 41.4 Å². The standard InChI is InChI=1S/C46H57F6N9O4S/c1-28-21-30(5-6-33(28)54-43-53-24-32(46(50,51)52)40(56-43)61-16-4-13-45(65,26-61)42(48)49)66-31-22-44(23-31)14-19-59(20-15-44)25-29-11-17-60(18-12-29)34-7-8-35(39(38(34)47)57(2)27-62)58(3)36-9-10-37(63)55-41(36)64/h5-8,21,24,27,29,31,36,42,65H,4,9-20,22-23,25-26H2,1-3H3,(H,53,54,56)(H,55,63,64). The number of rotatable bonds is 13. The molecule has 0 bridgehead atoms. The summed E-state index contributed by atoms with van der Waals surface area (Å²) >= 11 is 1.83. The lowest BCUT2D eigenvalue weighted by Crippen LogP contribution is -2.53. The summed E-state index contributed by atoms with van der Waals surface area (Å²) in [7, 11) is 3.16. The van der Waals surface area contributed by atoms with Crippen LogP contribution in [0.2, 0.25) is 0 Å². The fraction of sp³-hybridized carbons (Fsp3) is 0.587. The van der Waals surface area contributed by atoms with Crippen LogP contribution in [0.5, 0.6) is 0 Å². The monoisotopic (exact) mass is 945 g/mol. The van der Waals surface area contributed by atoms with Crippen LogP contribution in [0.15, 0.2) is 41.4 Å². The average molecular weight is 946 g/mol. The van der Waals surface area contributed by atoms with Gasteiger partial charge in [-0.15, -0.1) is 11.8 Å². The number of hydrogen-bond donors (Lipinski definition) is 3. The van der Waals surface area contributed by atoms with Crippen LogP contribution in [0, 0.1) is 24.1 Å². The molecule has 4 aliphatic heterocycles. The normalized spacial score (nSPS) is 23.2. The summed E-state index contributed by atoms with van der Waals surface area (Å²) in [4.78, 5) is 53.8. The molecule has 13 nitrogen and oxygen atoms in total. The number of benzene rings is 2. The smallest absolute Gasteiger partial charge is 0.382 e. The van der Waals surface area contributed by atoms with E-state index in [-0.39, 0.29) is 43.4 Å². The average Bonchev–Trinajstić information content (AvgIpc) is 3.27. The summed E-state index contributed by atoms with van der Waals surface area (Å²) in [5.41, 5.74) is -0.907. The number of halogens is 6. The number of hydrogen-bond acceptors (Lipinski definition) is 12. The predicted molar refractivity (Wildman–Crippen MR) is 241 cm³/mol. The minimum Gasteiger partial charge on any atom is -0.382 e. The first-order valence-electron chi connectivity index (χ1n) is 22.6. The Hall–Kier alpha value is -4.82. The van der Waals surface area contributed by atoms with Gasteiger partial charge in [0, 0.05) is 68.7 Å². The molecule has 0 radical (unpaired) electrons. The number of nitrogens with one attached hydrogen (secondary N) is 2. The second kappa shape index (κ2) is 19.1. The summed E-state index contributed by atoms with van der Waals surface area (Å²) in [5.74, 6) is -1.48. The molecular weight excluding hydrogens is 889 g/mol. The third kappa shape index (κ3) is 10.1. The molecule has 2 atom stereocenters. The van der Waals surface area contributed by atoms with Crippen molar-refractivity contribution in [3.63, 3.8) is 0 Å². The zero-order valence-electron chi connectivity index (χ0n) is 37.4. The number of likely N-dealkylation sites (N-methyl/N-ethyl adjacent to an activating group) is 1. The van der Waals surface area contributed by atoms with Crippen molar-refractivity contribution < 1.29 is 45.8 Å². The van der Waals surface area contributed by atoms with Crippen molar-refractivity contribution >= 4 is 64.5 Å². The van der Waals surface area contributed by atoms with Crippen LogP contribution >= 0.6 is 11.8 Å². The van der Waals surface area contributed by atoms with E-state index in [1.807, 2.05) is 41.8 Å². The first kappa shape index (κ1) is 47.7. The number of β-amino-alcohol motifs (C(OH)–C–C–N with tert-alkyl or cyclic N) is 1. The van der Waals surface area contributed by atoms with Crippen LogP contribution in [0.4, 0.5) is 60.9 Å². The van der Waals surface area contributed by atoms with Gasteiger partial charge in [0.2, 0.25) is 24.2 Å². The minimum atomic E-state index is -4.83. The lowest BCUT2D eigenvalue weighted by Gasteiger charge is -2.52. The molecule has 5 fully saturated rings. The maximum Gasteiger partial charge on any atom is 0.421 e. The highest BCUT2D eigenvalue weighted by molar-refractivity contribution is 8.00. The zero-order valence-corrected chi connectivity index (χ0v) is 38.2. The molecule has 2 aromatic carbocycles. The van der Waals surface area contributed by atoms with Gasteiger partial charge in [-0.1, -0.05) is 0 Å². The molecule has 1 aliphatic carbocycles. The van der Waals surface area contributed by atoms with E-state index in [2.05, 4.69) is 25.5 Å². The van der Waals surface area contributed by atoms with Crippen molar-refractivity contribution in [1.29, 1.82) is 0 Å². The van der Waals surface area contributed by atoms with E-state index < -0.39 is 53.9 Å². The number of piperidine rings is 4. The highest BCUT2D eigenvalue weighted by Crippen LogP contribution is 2.55. The molecular formula is C46H57F6N9O4S. The van der Waals surface area contributed by atoms with Gasteiger partial charge in [0.1, 0.15) is 28.7 Å². The van der Waals surface area contributed by atoms with Gasteiger partial charge in [0.15, 0.2) is 5.82 Å². The van der Waals surface area contributed by atoms with Crippen LogP contribution in [0.25, 0.3) is 0 Å². The number of aryl methyl sites for hydroxylation is 1. The van der Waals surface area contributed by atoms with Gasteiger partial charge in [0.25, 0.3) is 6.43 Å². The lowest BCUT2D eigenvalue weighted by atomic mass is 9.63. The molecule has 358 valence electrons. The molecule has 3 amide bonds. The number of alkyl halides is 5. The van der Waals surface area contributed by atoms with Crippen LogP contribution in [-0.2, 0) is 20.6 Å². The van der Waals surface area contributed by atoms with Gasteiger partial charge in [-0.25, -0.2) is 18.2 Å². The van der Waals surface area contributed by atoms with Crippen molar-refractivity contribution in [3.05, 3.63) is 53.5 Å². The fourth-order valence-electron chi connectivity index (χ4n) is 10.5. The van der Waals surface area contributed by atoms with Crippen molar-refractivity contribution in [1.82, 2.24) is 20.2 Å². The molecule has 4 saturated heterocycles. The Balaban J connectivity index is 0.805. The summed E-state index contributed by atoms with van der Waals surface area (Å²) in [5, 5.41) is 16.2. The predicted octanol–water partition coefficient (Wildman–Crippen LogP) is 7.37. The van der Waals surface area contributed by atoms with Gasteiger partial charge in [-0.3, -0.25) is 19.7 Å². The van der Waals surface area contributed by atoms with Crippen molar-refractivity contribution in [2.75, 3.05) is 84.8 Å². The SMILES string of the molecule is Cc1cc(SC2CC3(CCN(CC4CCN(c5ccc(N(C)C6CCC(=O)NC6=O)c(N(C)C=O)c5F)CC4)CC3)C2)ccc1Nc1ncc(C(F)(F)F)c(N2CCCC(O)(C(F)F)C2)n1. The molecule has 1 spiro atoms. The van der Waals surface area contributed by atoms with E-state index in [0.29, 0.717) is 65.8 Å². The Morgan fingerprint density at radius 1 is 1.02 bits per heavy atom. The number of carbonyl (C=O) groups is 3. The largest absolute Gasteiger partial charge is 0.421 e. The Bertz CT molecular complexity index is 2280. The number of nitrogens with zero attached hydrogens (tertiary/aromatic N) is 7. The van der Waals surface area contributed by atoms with E-state index in [1.54, 1.807) is 24.1 Å². The quantitative estimate of drug-likeness (QED) is 0.0897. The zero-order chi connectivity index (χ0) is 47.1. The molecule has 5 heterocycles. The molecule has 1 aromatic heterocycles. The van der Waals surface area contributed by atoms with E-state index >= 15 is 4.39 Å². The molecule has 20 heteroatoms. The van der Waals surface area contributed by atoms with Crippen molar-refractivity contribution in [2.24, 2.45) is 11.3 Å². The number of thioether (sulfide) groups is 1. The second-order valence-corrected chi connectivity index (χ2v) is 20.3. The van der Waals surface area contributed by atoms with Crippen LogP contribution in [0.1, 0.15) is 75.3 Å². The highest BCUT2D eigenvalue weighted by Gasteiger charge is 2.47. The molecule has 8 rings (SSSR count). The number of anilines is 6. The Labute approximate surface area is 384 Å². The topological polar surface area (TPSA) is 137 Å². The maximum atomic E-state index is 16.3. The summed E-state index contributed by atoms with van der Waals surface area (Å²) in [6, 6.07) is 8.63. The van der Waals surface area contributed by atoms with Crippen LogP contribution < -0.4 is 30.2 Å². The number of aromatic nitrogens is 2. The molecule has 5 aliphatic rings. The van der Waals surface area contributed by atoms with Gasteiger partial charge in [-0.05, 0) is 125 Å². The maximum absolute atomic E-state index is 16.3. The van der Waals surface area contributed by atoms with Crippen molar-refractivity contribution in [2.45, 2.75) is 106 Å². The fourth-order valence-corrected chi connectivity index (χ4v) is 12.1. The summed E-state index contributed by atoms with van der Waals surface area (Å²) < 4.78 is 85.5. The van der Waals surface area contributed by atoms with E-state index in [1.165, 1.54) is 11.9 Å². The first-order valence-corrected chi connectivity index (χ1v) is 23.5. The molecule has 2 unspecified atom stereocenters. The third-order valence-electron chi connectivity index (χ3n) is 14.4. The third-order valence-corrected chi connectivity index (χ3v) is 15.6. The molecule has 3 aromatic rings. The van der Waals surface area contributed by atoms with Gasteiger partial charge in [0.05, 0.1) is 17.9 Å². The Kier molecular flexibility index (Phi) is 13.8. The Morgan fingerprint density at radius 2 is 1.74 bits per heavy atom. The van der Waals surface area contributed by atoms with Crippen molar-refractivity contribution in [3.8, 4) is 0 Å². The Morgan fingerprint density at radius 3 is 2.39 bits per heavy atom. The van der Waals surface area contributed by atoms with Gasteiger partial charge < -0.3 is 34.9 Å². The van der Waals surface area contributed by atoms with Crippen LogP contribution in [0.3, 0.4) is 0 Å². The lowest BCUT2D eigenvalue weighted by molar-refractivity contribution is -0.138. The first-order chi connectivity index (χ1) is 31.3. The highest BCUT2D eigenvalue weighted by atomic mass is 32.2. The number of amides is 3. The minimum absolute atomic E-state index is 0.0327. The molecule has 3 N–H and O–H groups in total. The number of aliphatic hydroxyl groups is 1. The molecule has 1 saturated carbocycles. The summed E-state index contributed by atoms with van der Waals surface area (Å²) in [6.07, 6.45) is -0.0729. The van der Waals surface area contributed by atoms with E-state index in [0.717, 1.165) is 73.5 Å². The van der Waals surface area contributed by atoms with Gasteiger partial charge >= 0.3 is 6.18 Å². The summed E-state index contributed by atoms with van der Waals surface area (Å²) in [6.45, 7) is 5.67. The number of carbonyl (C=O) groups excluding carboxylic acids is 3. The van der Waals surface area contributed by atoms with Gasteiger partial charge in [-0.2, -0.15) is 18.2 Å². The number of likely N-dealkylation sites (tertiary alicyclic amines) is 1. The van der Waals surface area contributed by atoms with E-state index in [4.69, 9.17) is 0 Å². The van der Waals surface area contributed by atoms with Crippen LogP contribution in [-0.4, -0.2) is 121 Å². The number of imide groups is 1. The molecule has 66 heavy (non-hydrogen) atoms.